The molecular weight excluding hydrogens is 979 g/mol. The number of hydrogen-bond donors (Lipinski definition) is 2. The van der Waals surface area contributed by atoms with Crippen LogP contribution in [0.1, 0.15) is 77.5 Å². The van der Waals surface area contributed by atoms with Crippen LogP contribution in [0.5, 0.6) is 17.2 Å². The maximum Gasteiger partial charge on any atom is 0.410 e. The first kappa shape index (κ1) is 54.3. The Morgan fingerprint density at radius 2 is 1.16 bits per heavy atom. The third kappa shape index (κ3) is 14.2. The fourth-order valence-electron chi connectivity index (χ4n) is 8.46. The van der Waals surface area contributed by atoms with E-state index < -0.39 is 59.3 Å². The van der Waals surface area contributed by atoms with E-state index in [0.29, 0.717) is 60.9 Å². The summed E-state index contributed by atoms with van der Waals surface area (Å²) in [5, 5.41) is 17.0. The van der Waals surface area contributed by atoms with E-state index in [2.05, 4.69) is 20.4 Å². The molecule has 0 bridgehead atoms. The highest BCUT2D eigenvalue weighted by Gasteiger charge is 2.40. The molecule has 0 unspecified atom stereocenters. The molecule has 2 saturated heterocycles. The van der Waals surface area contributed by atoms with Crippen LogP contribution in [0.25, 0.3) is 11.4 Å². The number of sulfonamides is 2. The number of methoxy groups -OCH3 is 3. The van der Waals surface area contributed by atoms with E-state index in [1.54, 1.807) is 93.4 Å². The number of carbonyl (C=O) groups is 2. The maximum absolute atomic E-state index is 16.1. The van der Waals surface area contributed by atoms with Gasteiger partial charge in [0, 0.05) is 57.5 Å². The predicted molar refractivity (Wildman–Crippen MR) is 273 cm³/mol. The third-order valence-corrected chi connectivity index (χ3v) is 15.8. The fourth-order valence-corrected chi connectivity index (χ4v) is 12.1. The van der Waals surface area contributed by atoms with Crippen molar-refractivity contribution in [2.24, 2.45) is 5.92 Å². The molecule has 0 radical (unpaired) electrons. The van der Waals surface area contributed by atoms with Gasteiger partial charge in [0.05, 0.1) is 33.4 Å². The SMILES string of the molecule is COc1ccc(CN(Cc2ccc(OC)cc2)S(=O)(=O)c2c(S(=O)(=O)N[C@@H]3CCN(C(=O)OC(C)(C)C)C3)ccc(NCC3CCN(C(=O)OC(C)(C)C)CC3)c2-c2nnn(Cc3ccc(OC)cc3)n2)cc1. The van der Waals surface area contributed by atoms with E-state index >= 15 is 16.8 Å². The Bertz CT molecular complexity index is 2870. The zero-order valence-corrected chi connectivity index (χ0v) is 44.6. The fraction of sp³-hybridized carbons (Fsp3) is 0.471. The molecule has 1 atom stereocenters. The zero-order chi connectivity index (χ0) is 52.7. The van der Waals surface area contributed by atoms with Crippen LogP contribution in [0.15, 0.2) is 94.7 Å². The van der Waals surface area contributed by atoms with Crippen LogP contribution in [0.3, 0.4) is 0 Å². The number of carbonyl (C=O) groups excluding carboxylic acids is 2. The van der Waals surface area contributed by atoms with Crippen molar-refractivity contribution < 1.29 is 50.1 Å². The first-order chi connectivity index (χ1) is 34.5. The molecule has 2 fully saturated rings. The van der Waals surface area contributed by atoms with Gasteiger partial charge in [-0.05, 0) is 137 Å². The Kier molecular flexibility index (Phi) is 16.9. The molecule has 2 aliphatic rings. The summed E-state index contributed by atoms with van der Waals surface area (Å²) >= 11 is 0. The van der Waals surface area contributed by atoms with Crippen LogP contribution in [0, 0.1) is 5.92 Å². The summed E-state index contributed by atoms with van der Waals surface area (Å²) < 4.78 is 93.8. The van der Waals surface area contributed by atoms with Crippen molar-refractivity contribution in [2.75, 3.05) is 59.4 Å². The molecule has 4 aromatic carbocycles. The Balaban J connectivity index is 1.36. The second-order valence-electron chi connectivity index (χ2n) is 20.1. The lowest BCUT2D eigenvalue weighted by Gasteiger charge is -2.33. The highest BCUT2D eigenvalue weighted by molar-refractivity contribution is 7.92. The van der Waals surface area contributed by atoms with E-state index in [1.807, 2.05) is 32.9 Å². The van der Waals surface area contributed by atoms with Crippen molar-refractivity contribution in [3.63, 3.8) is 0 Å². The molecule has 73 heavy (non-hydrogen) atoms. The predicted octanol–water partition coefficient (Wildman–Crippen LogP) is 7.15. The van der Waals surface area contributed by atoms with Crippen molar-refractivity contribution in [3.8, 4) is 28.6 Å². The van der Waals surface area contributed by atoms with E-state index in [9.17, 15) is 9.59 Å². The molecule has 7 rings (SSSR count). The summed E-state index contributed by atoms with van der Waals surface area (Å²) in [4.78, 5) is 29.3. The van der Waals surface area contributed by atoms with E-state index in [1.165, 1.54) is 40.4 Å². The van der Waals surface area contributed by atoms with Crippen molar-refractivity contribution in [1.29, 1.82) is 0 Å². The average molecular weight is 1050 g/mol. The highest BCUT2D eigenvalue weighted by Crippen LogP contribution is 2.40. The molecule has 394 valence electrons. The molecule has 20 nitrogen and oxygen atoms in total. The number of piperidine rings is 1. The van der Waals surface area contributed by atoms with Crippen LogP contribution < -0.4 is 24.2 Å². The van der Waals surface area contributed by atoms with Gasteiger partial charge in [-0.3, -0.25) is 0 Å². The van der Waals surface area contributed by atoms with Gasteiger partial charge in [-0.25, -0.2) is 31.1 Å². The monoisotopic (exact) mass is 1050 g/mol. The molecular formula is C51H67N9O11S2. The minimum atomic E-state index is -4.92. The molecule has 22 heteroatoms. The number of ether oxygens (including phenoxy) is 5. The van der Waals surface area contributed by atoms with Gasteiger partial charge in [0.25, 0.3) is 0 Å². The number of amides is 2. The minimum Gasteiger partial charge on any atom is -0.497 e. The lowest BCUT2D eigenvalue weighted by molar-refractivity contribution is 0.0187. The Morgan fingerprint density at radius 3 is 1.67 bits per heavy atom. The summed E-state index contributed by atoms with van der Waals surface area (Å²) in [6.07, 6.45) is 0.468. The number of anilines is 1. The molecule has 0 saturated carbocycles. The number of rotatable bonds is 18. The standard InChI is InChI=1S/C51H67N9O11S2/c1-50(2,3)70-48(61)57-27-24-35(25-28-57)30-52-43-22-23-44(72(63,64)55-39-26-29-58(34-39)49(62)71-51(4,5)6)46(45(43)47-53-56-60(54-47)33-38-14-20-42(69-9)21-15-38)73(65,66)59(31-36-10-16-40(67-7)17-11-36)32-37-12-18-41(68-8)19-13-37/h10-23,35,39,52,55H,24-34H2,1-9H3/t39-/m1/s1. The number of tetrazole rings is 1. The number of aromatic nitrogens is 4. The number of benzene rings is 4. The summed E-state index contributed by atoms with van der Waals surface area (Å²) in [6, 6.07) is 23.1. The molecule has 2 N–H and O–H groups in total. The first-order valence-electron chi connectivity index (χ1n) is 24.1. The minimum absolute atomic E-state index is 0.0161. The molecule has 0 spiro atoms. The molecule has 5 aromatic rings. The zero-order valence-electron chi connectivity index (χ0n) is 43.0. The average Bonchev–Trinajstić information content (AvgIpc) is 4.02. The first-order valence-corrected chi connectivity index (χ1v) is 27.0. The third-order valence-electron chi connectivity index (χ3n) is 12.2. The number of hydrogen-bond acceptors (Lipinski definition) is 15. The van der Waals surface area contributed by atoms with Gasteiger partial charge in [-0.15, -0.1) is 10.2 Å². The summed E-state index contributed by atoms with van der Waals surface area (Å²) in [5.74, 6) is 1.63. The number of nitrogens with zero attached hydrogens (tertiary/aromatic N) is 7. The Morgan fingerprint density at radius 1 is 0.671 bits per heavy atom. The quantitative estimate of drug-likeness (QED) is 0.0889. The van der Waals surface area contributed by atoms with Crippen molar-refractivity contribution in [3.05, 3.63) is 102 Å². The highest BCUT2D eigenvalue weighted by atomic mass is 32.2. The molecule has 3 heterocycles. The Hall–Kier alpha value is -6.49. The van der Waals surface area contributed by atoms with Gasteiger partial charge in [0.2, 0.25) is 25.9 Å². The van der Waals surface area contributed by atoms with Crippen molar-refractivity contribution in [1.82, 2.24) is 39.0 Å². The van der Waals surface area contributed by atoms with Crippen LogP contribution in [-0.2, 0) is 49.2 Å². The van der Waals surface area contributed by atoms with Gasteiger partial charge in [0.1, 0.15) is 38.2 Å². The Labute approximate surface area is 428 Å². The van der Waals surface area contributed by atoms with Crippen LogP contribution in [-0.4, -0.2) is 135 Å². The lowest BCUT2D eigenvalue weighted by atomic mass is 9.96. The van der Waals surface area contributed by atoms with Crippen LogP contribution in [0.2, 0.25) is 0 Å². The molecule has 1 aromatic heterocycles. The maximum atomic E-state index is 16.1. The van der Waals surface area contributed by atoms with Crippen LogP contribution >= 0.6 is 0 Å². The summed E-state index contributed by atoms with van der Waals surface area (Å²) in [6.45, 7) is 11.8. The largest absolute Gasteiger partial charge is 0.497 e. The summed E-state index contributed by atoms with van der Waals surface area (Å²) in [5.41, 5.74) is 0.649. The molecule has 2 amide bonds. The topological polar surface area (TPSA) is 226 Å². The van der Waals surface area contributed by atoms with Gasteiger partial charge in [-0.2, -0.15) is 9.10 Å². The van der Waals surface area contributed by atoms with Gasteiger partial charge in [-0.1, -0.05) is 36.4 Å². The second kappa shape index (κ2) is 22.7. The number of likely N-dealkylation sites (tertiary alicyclic amines) is 2. The lowest BCUT2D eigenvalue weighted by Crippen LogP contribution is -2.42. The van der Waals surface area contributed by atoms with Gasteiger partial charge in [0.15, 0.2) is 0 Å². The second-order valence-corrected chi connectivity index (χ2v) is 23.7. The van der Waals surface area contributed by atoms with Crippen molar-refractivity contribution in [2.45, 2.75) is 107 Å². The number of nitrogens with one attached hydrogen (secondary N) is 2. The van der Waals surface area contributed by atoms with E-state index in [4.69, 9.17) is 28.8 Å². The van der Waals surface area contributed by atoms with Gasteiger partial charge >= 0.3 is 12.2 Å². The van der Waals surface area contributed by atoms with Crippen LogP contribution in [0.4, 0.5) is 15.3 Å². The van der Waals surface area contributed by atoms with E-state index in [0.717, 1.165) is 5.56 Å². The molecule has 0 aliphatic carbocycles. The molecule has 2 aliphatic heterocycles. The smallest absolute Gasteiger partial charge is 0.410 e. The summed E-state index contributed by atoms with van der Waals surface area (Å²) in [7, 11) is -5.03. The van der Waals surface area contributed by atoms with Crippen molar-refractivity contribution >= 4 is 37.9 Å². The van der Waals surface area contributed by atoms with Gasteiger partial charge < -0.3 is 38.8 Å². The normalized spacial score (nSPS) is 15.8. The van der Waals surface area contributed by atoms with E-state index in [-0.39, 0.29) is 62.1 Å².